The van der Waals surface area contributed by atoms with Gasteiger partial charge in [-0.2, -0.15) is 4.37 Å². The minimum Gasteiger partial charge on any atom is -0.478 e. The SMILES string of the molecule is Cc1nsc(NCCc2nccn2C)c1C(=O)O. The molecule has 0 aliphatic heterocycles. The maximum atomic E-state index is 11.1. The summed E-state index contributed by atoms with van der Waals surface area (Å²) >= 11 is 1.18. The second-order valence-corrected chi connectivity index (χ2v) is 4.68. The summed E-state index contributed by atoms with van der Waals surface area (Å²) in [6, 6.07) is 0. The third kappa shape index (κ3) is 2.51. The summed E-state index contributed by atoms with van der Waals surface area (Å²) in [5.74, 6) is 0.0151. The van der Waals surface area contributed by atoms with Gasteiger partial charge in [-0.15, -0.1) is 0 Å². The summed E-state index contributed by atoms with van der Waals surface area (Å²) in [6.45, 7) is 2.33. The third-order valence-electron chi connectivity index (χ3n) is 2.63. The van der Waals surface area contributed by atoms with Crippen LogP contribution in [0.3, 0.4) is 0 Å². The first kappa shape index (κ1) is 12.6. The van der Waals surface area contributed by atoms with Crippen LogP contribution in [0.25, 0.3) is 0 Å². The molecule has 6 nitrogen and oxygen atoms in total. The van der Waals surface area contributed by atoms with Crippen molar-refractivity contribution in [2.45, 2.75) is 13.3 Å². The Kier molecular flexibility index (Phi) is 3.61. The molecule has 0 amide bonds. The van der Waals surface area contributed by atoms with E-state index in [2.05, 4.69) is 14.7 Å². The smallest absolute Gasteiger partial charge is 0.340 e. The van der Waals surface area contributed by atoms with E-state index in [1.165, 1.54) is 11.5 Å². The van der Waals surface area contributed by atoms with Gasteiger partial charge in [-0.05, 0) is 18.5 Å². The van der Waals surface area contributed by atoms with Crippen molar-refractivity contribution in [2.75, 3.05) is 11.9 Å². The van der Waals surface area contributed by atoms with Crippen molar-refractivity contribution in [3.8, 4) is 0 Å². The van der Waals surface area contributed by atoms with Crippen molar-refractivity contribution in [1.29, 1.82) is 0 Å². The molecule has 0 saturated heterocycles. The molecule has 0 saturated carbocycles. The number of carbonyl (C=O) groups is 1. The highest BCUT2D eigenvalue weighted by Gasteiger charge is 2.16. The number of aryl methyl sites for hydroxylation is 2. The highest BCUT2D eigenvalue weighted by molar-refractivity contribution is 7.10. The lowest BCUT2D eigenvalue weighted by molar-refractivity contribution is 0.0697. The number of aromatic carboxylic acids is 1. The summed E-state index contributed by atoms with van der Waals surface area (Å²) in [4.78, 5) is 15.3. The fourth-order valence-corrected chi connectivity index (χ4v) is 2.48. The van der Waals surface area contributed by atoms with Gasteiger partial charge in [-0.1, -0.05) is 0 Å². The summed E-state index contributed by atoms with van der Waals surface area (Å²) in [6.07, 6.45) is 4.36. The van der Waals surface area contributed by atoms with Gasteiger partial charge in [0.05, 0.1) is 5.69 Å². The van der Waals surface area contributed by atoms with Gasteiger partial charge in [0.2, 0.25) is 0 Å². The zero-order chi connectivity index (χ0) is 13.1. The molecule has 96 valence electrons. The molecular weight excluding hydrogens is 252 g/mol. The second-order valence-electron chi connectivity index (χ2n) is 3.91. The molecule has 0 aromatic carbocycles. The Bertz CT molecular complexity index is 561. The van der Waals surface area contributed by atoms with Crippen LogP contribution >= 0.6 is 11.5 Å². The van der Waals surface area contributed by atoms with Crippen LogP contribution < -0.4 is 5.32 Å². The summed E-state index contributed by atoms with van der Waals surface area (Å²) in [5, 5.41) is 12.8. The number of aromatic nitrogens is 3. The van der Waals surface area contributed by atoms with E-state index in [-0.39, 0.29) is 5.56 Å². The van der Waals surface area contributed by atoms with Crippen LogP contribution in [0, 0.1) is 6.92 Å². The molecule has 0 aliphatic rings. The minimum atomic E-state index is -0.944. The molecule has 0 bridgehead atoms. The zero-order valence-electron chi connectivity index (χ0n) is 10.2. The van der Waals surface area contributed by atoms with Crippen LogP contribution in [0.15, 0.2) is 12.4 Å². The van der Waals surface area contributed by atoms with Crippen LogP contribution in [0.5, 0.6) is 0 Å². The van der Waals surface area contributed by atoms with Crippen LogP contribution in [0.1, 0.15) is 21.9 Å². The lowest BCUT2D eigenvalue weighted by atomic mass is 10.2. The van der Waals surface area contributed by atoms with E-state index in [1.54, 1.807) is 13.1 Å². The lowest BCUT2D eigenvalue weighted by Crippen LogP contribution is -2.10. The zero-order valence-corrected chi connectivity index (χ0v) is 11.0. The van der Waals surface area contributed by atoms with Crippen LogP contribution in [-0.2, 0) is 13.5 Å². The number of rotatable bonds is 5. The third-order valence-corrected chi connectivity index (χ3v) is 3.53. The van der Waals surface area contributed by atoms with Crippen molar-refractivity contribution in [2.24, 2.45) is 7.05 Å². The number of imidazole rings is 1. The maximum Gasteiger partial charge on any atom is 0.340 e. The Morgan fingerprint density at radius 3 is 3.00 bits per heavy atom. The standard InChI is InChI=1S/C11H14N4O2S/c1-7-9(11(16)17)10(18-14-7)13-4-3-8-12-5-6-15(8)2/h5-6,13H,3-4H2,1-2H3,(H,16,17). The van der Waals surface area contributed by atoms with E-state index < -0.39 is 5.97 Å². The molecule has 2 rings (SSSR count). The molecule has 2 heterocycles. The van der Waals surface area contributed by atoms with Crippen LogP contribution in [0.4, 0.5) is 5.00 Å². The van der Waals surface area contributed by atoms with Crippen molar-refractivity contribution in [3.63, 3.8) is 0 Å². The largest absolute Gasteiger partial charge is 0.478 e. The topological polar surface area (TPSA) is 80.0 Å². The molecule has 0 radical (unpaired) electrons. The van der Waals surface area contributed by atoms with E-state index >= 15 is 0 Å². The fraction of sp³-hybridized carbons (Fsp3) is 0.364. The number of nitrogens with zero attached hydrogens (tertiary/aromatic N) is 3. The number of nitrogens with one attached hydrogen (secondary N) is 1. The van der Waals surface area contributed by atoms with Crippen molar-refractivity contribution < 1.29 is 9.90 Å². The molecule has 2 N–H and O–H groups in total. The van der Waals surface area contributed by atoms with Crippen molar-refractivity contribution in [3.05, 3.63) is 29.5 Å². The molecular formula is C11H14N4O2S. The Labute approximate surface area is 108 Å². The first-order chi connectivity index (χ1) is 8.59. The van der Waals surface area contributed by atoms with Gasteiger partial charge in [0.25, 0.3) is 0 Å². The summed E-state index contributed by atoms with van der Waals surface area (Å²) < 4.78 is 5.99. The van der Waals surface area contributed by atoms with Gasteiger partial charge < -0.3 is 15.0 Å². The van der Waals surface area contributed by atoms with Crippen molar-refractivity contribution in [1.82, 2.24) is 13.9 Å². The lowest BCUT2D eigenvalue weighted by Gasteiger charge is -2.05. The molecule has 0 spiro atoms. The highest BCUT2D eigenvalue weighted by atomic mass is 32.1. The average molecular weight is 266 g/mol. The van der Waals surface area contributed by atoms with E-state index in [0.717, 1.165) is 12.2 Å². The molecule has 18 heavy (non-hydrogen) atoms. The summed E-state index contributed by atoms with van der Waals surface area (Å²) in [5.41, 5.74) is 0.812. The average Bonchev–Trinajstić information content (AvgIpc) is 2.86. The molecule has 2 aromatic rings. The summed E-state index contributed by atoms with van der Waals surface area (Å²) in [7, 11) is 1.93. The normalized spacial score (nSPS) is 10.6. The molecule has 0 aliphatic carbocycles. The van der Waals surface area contributed by atoms with Crippen LogP contribution in [-0.4, -0.2) is 31.5 Å². The molecule has 2 aromatic heterocycles. The van der Waals surface area contributed by atoms with Gasteiger partial charge >= 0.3 is 5.97 Å². The first-order valence-corrected chi connectivity index (χ1v) is 6.26. The quantitative estimate of drug-likeness (QED) is 0.858. The molecule has 0 unspecified atom stereocenters. The van der Waals surface area contributed by atoms with Crippen molar-refractivity contribution >= 4 is 22.5 Å². The van der Waals surface area contributed by atoms with Gasteiger partial charge in [-0.3, -0.25) is 0 Å². The monoisotopic (exact) mass is 266 g/mol. The van der Waals surface area contributed by atoms with E-state index in [0.29, 0.717) is 17.2 Å². The predicted molar refractivity (Wildman–Crippen MR) is 69.2 cm³/mol. The predicted octanol–water partition coefficient (Wildman–Crippen LogP) is 1.54. The Morgan fingerprint density at radius 1 is 1.61 bits per heavy atom. The van der Waals surface area contributed by atoms with Gasteiger partial charge in [0.1, 0.15) is 16.4 Å². The van der Waals surface area contributed by atoms with Gasteiger partial charge in [0.15, 0.2) is 0 Å². The number of anilines is 1. The first-order valence-electron chi connectivity index (χ1n) is 5.49. The number of carboxylic acids is 1. The van der Waals surface area contributed by atoms with Gasteiger partial charge in [0, 0.05) is 32.4 Å². The van der Waals surface area contributed by atoms with Crippen LogP contribution in [0.2, 0.25) is 0 Å². The van der Waals surface area contributed by atoms with E-state index in [9.17, 15) is 4.79 Å². The molecule has 0 fully saturated rings. The Hall–Kier alpha value is -1.89. The Balaban J connectivity index is 1.99. The van der Waals surface area contributed by atoms with E-state index in [1.807, 2.05) is 17.8 Å². The fourth-order valence-electron chi connectivity index (χ4n) is 1.67. The Morgan fingerprint density at radius 2 is 2.39 bits per heavy atom. The number of hydrogen-bond acceptors (Lipinski definition) is 5. The second kappa shape index (κ2) is 5.18. The molecule has 7 heteroatoms. The van der Waals surface area contributed by atoms with Gasteiger partial charge in [-0.25, -0.2) is 9.78 Å². The maximum absolute atomic E-state index is 11.1. The highest BCUT2D eigenvalue weighted by Crippen LogP contribution is 2.24. The van der Waals surface area contributed by atoms with E-state index in [4.69, 9.17) is 5.11 Å². The minimum absolute atomic E-state index is 0.264. The number of carboxylic acid groups (broad SMARTS) is 1. The number of hydrogen-bond donors (Lipinski definition) is 2. The molecule has 0 atom stereocenters.